The van der Waals surface area contributed by atoms with Crippen LogP contribution in [0.1, 0.15) is 11.3 Å². The Morgan fingerprint density at radius 2 is 1.90 bits per heavy atom. The summed E-state index contributed by atoms with van der Waals surface area (Å²) in [6.07, 6.45) is 0. The van der Waals surface area contributed by atoms with Crippen LogP contribution in [0.5, 0.6) is 0 Å². The van der Waals surface area contributed by atoms with Crippen molar-refractivity contribution < 1.29 is 0 Å². The van der Waals surface area contributed by atoms with Gasteiger partial charge in [-0.3, -0.25) is 9.78 Å². The van der Waals surface area contributed by atoms with Crippen LogP contribution in [-0.2, 0) is 0 Å². The van der Waals surface area contributed by atoms with Crippen molar-refractivity contribution in [3.8, 4) is 11.3 Å². The molecule has 5 nitrogen and oxygen atoms in total. The maximum absolute atomic E-state index is 11.4. The number of rotatable bonds is 3. The minimum absolute atomic E-state index is 0.180. The lowest BCUT2D eigenvalue weighted by Gasteiger charge is -2.01. The van der Waals surface area contributed by atoms with E-state index in [1.807, 2.05) is 17.5 Å². The predicted octanol–water partition coefficient (Wildman–Crippen LogP) is 3.25. The van der Waals surface area contributed by atoms with Crippen LogP contribution < -0.4 is 10.9 Å². The molecule has 0 fully saturated rings. The molecule has 6 heteroatoms. The van der Waals surface area contributed by atoms with Gasteiger partial charge in [0.1, 0.15) is 0 Å². The number of thiazole rings is 1. The van der Waals surface area contributed by atoms with Crippen LogP contribution in [-0.4, -0.2) is 15.0 Å². The van der Waals surface area contributed by atoms with Gasteiger partial charge in [0, 0.05) is 22.7 Å². The number of nitrogens with zero attached hydrogens (tertiary/aromatic N) is 2. The summed E-state index contributed by atoms with van der Waals surface area (Å²) in [5.74, 6) is 0.407. The predicted molar refractivity (Wildman–Crippen MR) is 85.2 cm³/mol. The van der Waals surface area contributed by atoms with Gasteiger partial charge in [-0.05, 0) is 13.8 Å². The van der Waals surface area contributed by atoms with Crippen LogP contribution in [0, 0.1) is 13.8 Å². The molecule has 21 heavy (non-hydrogen) atoms. The van der Waals surface area contributed by atoms with E-state index in [1.165, 1.54) is 23.0 Å². The number of aryl methyl sites for hydroxylation is 2. The first-order valence-corrected chi connectivity index (χ1v) is 7.36. The number of hydrogen-bond donors (Lipinski definition) is 2. The average Bonchev–Trinajstić information content (AvgIpc) is 2.87. The molecule has 0 bridgehead atoms. The number of aromatic amines is 1. The van der Waals surface area contributed by atoms with E-state index >= 15 is 0 Å². The van der Waals surface area contributed by atoms with Crippen LogP contribution in [0.2, 0.25) is 0 Å². The molecule has 0 amide bonds. The fraction of sp³-hybridized carbons (Fsp3) is 0.133. The van der Waals surface area contributed by atoms with Crippen molar-refractivity contribution in [2.24, 2.45) is 0 Å². The van der Waals surface area contributed by atoms with E-state index < -0.39 is 0 Å². The molecule has 3 aromatic rings. The largest absolute Gasteiger partial charge is 0.302 e. The molecule has 2 heterocycles. The van der Waals surface area contributed by atoms with Gasteiger partial charge in [0.2, 0.25) is 5.95 Å². The number of aromatic nitrogens is 3. The first kappa shape index (κ1) is 13.5. The van der Waals surface area contributed by atoms with E-state index in [0.29, 0.717) is 16.8 Å². The summed E-state index contributed by atoms with van der Waals surface area (Å²) in [5, 5.41) is 5.69. The third-order valence-electron chi connectivity index (χ3n) is 2.95. The van der Waals surface area contributed by atoms with E-state index in [0.717, 1.165) is 11.3 Å². The highest BCUT2D eigenvalue weighted by atomic mass is 32.1. The Bertz CT molecular complexity index is 820. The molecule has 0 unspecified atom stereocenters. The van der Waals surface area contributed by atoms with Gasteiger partial charge in [-0.25, -0.2) is 9.97 Å². The fourth-order valence-electron chi connectivity index (χ4n) is 1.93. The van der Waals surface area contributed by atoms with Crippen LogP contribution in [0.15, 0.2) is 40.5 Å². The van der Waals surface area contributed by atoms with Crippen molar-refractivity contribution in [3.63, 3.8) is 0 Å². The van der Waals surface area contributed by atoms with Crippen molar-refractivity contribution in [3.05, 3.63) is 57.3 Å². The molecule has 2 N–H and O–H groups in total. The van der Waals surface area contributed by atoms with Crippen molar-refractivity contribution in [2.45, 2.75) is 13.8 Å². The molecule has 0 saturated carbocycles. The monoisotopic (exact) mass is 298 g/mol. The number of hydrogen-bond acceptors (Lipinski definition) is 5. The molecule has 0 saturated heterocycles. The van der Waals surface area contributed by atoms with Crippen LogP contribution >= 0.6 is 11.3 Å². The highest BCUT2D eigenvalue weighted by molar-refractivity contribution is 7.14. The Hall–Kier alpha value is -2.47. The van der Waals surface area contributed by atoms with E-state index in [-0.39, 0.29) is 5.56 Å². The summed E-state index contributed by atoms with van der Waals surface area (Å²) in [7, 11) is 0. The van der Waals surface area contributed by atoms with Gasteiger partial charge in [0.25, 0.3) is 5.56 Å². The van der Waals surface area contributed by atoms with Gasteiger partial charge in [-0.2, -0.15) is 0 Å². The first-order chi connectivity index (χ1) is 10.1. The maximum atomic E-state index is 11.4. The molecule has 0 aliphatic heterocycles. The van der Waals surface area contributed by atoms with Crippen molar-refractivity contribution in [1.82, 2.24) is 15.0 Å². The minimum Gasteiger partial charge on any atom is -0.302 e. The molecule has 0 aliphatic carbocycles. The lowest BCUT2D eigenvalue weighted by molar-refractivity contribution is 1.07. The molecule has 0 radical (unpaired) electrons. The lowest BCUT2D eigenvalue weighted by atomic mass is 10.1. The molecule has 3 rings (SSSR count). The van der Waals surface area contributed by atoms with Gasteiger partial charge in [-0.1, -0.05) is 29.8 Å². The quantitative estimate of drug-likeness (QED) is 0.778. The zero-order chi connectivity index (χ0) is 14.8. The third kappa shape index (κ3) is 3.17. The molecule has 0 spiro atoms. The van der Waals surface area contributed by atoms with Crippen LogP contribution in [0.25, 0.3) is 11.3 Å². The standard InChI is InChI=1S/C15H14N4OS/c1-9-3-5-11(6-4-9)12-8-21-15(17-12)19-14-16-10(2)7-13(20)18-14/h3-8H,1-2H3,(H2,16,17,18,19,20). The van der Waals surface area contributed by atoms with E-state index in [9.17, 15) is 4.79 Å². The topological polar surface area (TPSA) is 70.7 Å². The van der Waals surface area contributed by atoms with Gasteiger partial charge in [0.15, 0.2) is 5.13 Å². The second-order valence-electron chi connectivity index (χ2n) is 4.76. The summed E-state index contributed by atoms with van der Waals surface area (Å²) in [5.41, 5.74) is 3.67. The Kier molecular flexibility index (Phi) is 3.53. The number of nitrogens with one attached hydrogen (secondary N) is 2. The summed E-state index contributed by atoms with van der Waals surface area (Å²) in [6.45, 7) is 3.83. The molecule has 0 aliphatic rings. The van der Waals surface area contributed by atoms with E-state index in [1.54, 1.807) is 6.92 Å². The first-order valence-electron chi connectivity index (χ1n) is 6.48. The molecule has 1 aromatic carbocycles. The summed E-state index contributed by atoms with van der Waals surface area (Å²) < 4.78 is 0. The fourth-order valence-corrected chi connectivity index (χ4v) is 2.65. The van der Waals surface area contributed by atoms with Crippen molar-refractivity contribution in [1.29, 1.82) is 0 Å². The Labute approximate surface area is 125 Å². The molecular formula is C15H14N4OS. The van der Waals surface area contributed by atoms with Crippen LogP contribution in [0.4, 0.5) is 11.1 Å². The summed E-state index contributed by atoms with van der Waals surface area (Å²) in [4.78, 5) is 22.8. The van der Waals surface area contributed by atoms with E-state index in [4.69, 9.17) is 0 Å². The molecule has 0 atom stereocenters. The highest BCUT2D eigenvalue weighted by Gasteiger charge is 2.06. The van der Waals surface area contributed by atoms with Crippen molar-refractivity contribution >= 4 is 22.4 Å². The summed E-state index contributed by atoms with van der Waals surface area (Å²) in [6, 6.07) is 9.65. The lowest BCUT2D eigenvalue weighted by Crippen LogP contribution is -2.10. The number of benzene rings is 1. The van der Waals surface area contributed by atoms with Gasteiger partial charge in [-0.15, -0.1) is 11.3 Å². The smallest absolute Gasteiger partial charge is 0.252 e. The molecule has 106 valence electrons. The Balaban J connectivity index is 1.85. The normalized spacial score (nSPS) is 10.6. The maximum Gasteiger partial charge on any atom is 0.252 e. The Morgan fingerprint density at radius 1 is 1.14 bits per heavy atom. The molecular weight excluding hydrogens is 284 g/mol. The molecule has 2 aromatic heterocycles. The highest BCUT2D eigenvalue weighted by Crippen LogP contribution is 2.26. The van der Waals surface area contributed by atoms with Gasteiger partial charge in [0.05, 0.1) is 5.69 Å². The van der Waals surface area contributed by atoms with Crippen LogP contribution in [0.3, 0.4) is 0 Å². The average molecular weight is 298 g/mol. The SMILES string of the molecule is Cc1ccc(-c2csc(Nc3nc(C)cc(=O)[nH]3)n2)cc1. The summed E-state index contributed by atoms with van der Waals surface area (Å²) >= 11 is 1.47. The van der Waals surface area contributed by atoms with E-state index in [2.05, 4.69) is 39.3 Å². The zero-order valence-electron chi connectivity index (χ0n) is 11.7. The third-order valence-corrected chi connectivity index (χ3v) is 3.70. The minimum atomic E-state index is -0.180. The second-order valence-corrected chi connectivity index (χ2v) is 5.62. The zero-order valence-corrected chi connectivity index (χ0v) is 12.5. The number of H-pyrrole nitrogens is 1. The Morgan fingerprint density at radius 3 is 2.62 bits per heavy atom. The second kappa shape index (κ2) is 5.49. The van der Waals surface area contributed by atoms with Gasteiger partial charge >= 0.3 is 0 Å². The van der Waals surface area contributed by atoms with Gasteiger partial charge < -0.3 is 5.32 Å². The van der Waals surface area contributed by atoms with Crippen molar-refractivity contribution in [2.75, 3.05) is 5.32 Å². The number of anilines is 2.